The minimum absolute atomic E-state index is 0.230. The van der Waals surface area contributed by atoms with Crippen molar-refractivity contribution in [2.24, 2.45) is 11.1 Å². The van der Waals surface area contributed by atoms with Gasteiger partial charge in [0.15, 0.2) is 0 Å². The molecule has 1 nitrogen and oxygen atoms in total. The van der Waals surface area contributed by atoms with E-state index in [1.807, 2.05) is 0 Å². The second-order valence-corrected chi connectivity index (χ2v) is 5.35. The van der Waals surface area contributed by atoms with Crippen LogP contribution in [0.2, 0.25) is 0 Å². The monoisotopic (exact) mass is 189 g/mol. The second-order valence-electron chi connectivity index (χ2n) is 5.35. The van der Waals surface area contributed by atoms with Gasteiger partial charge in [-0.1, -0.05) is 37.6 Å². The van der Waals surface area contributed by atoms with Crippen molar-refractivity contribution in [2.75, 3.05) is 0 Å². The molecule has 0 fully saturated rings. The van der Waals surface area contributed by atoms with Crippen LogP contribution in [0.15, 0.2) is 18.2 Å². The molecule has 0 radical (unpaired) electrons. The SMILES string of the molecule is Cc1ccc2c(c1)[C@H](N)CC(C)(C)C2. The van der Waals surface area contributed by atoms with Crippen molar-refractivity contribution in [3.05, 3.63) is 34.9 Å². The van der Waals surface area contributed by atoms with Gasteiger partial charge in [-0.3, -0.25) is 0 Å². The molecule has 0 heterocycles. The van der Waals surface area contributed by atoms with Crippen LogP contribution in [-0.4, -0.2) is 0 Å². The fraction of sp³-hybridized carbons (Fsp3) is 0.538. The van der Waals surface area contributed by atoms with E-state index in [1.54, 1.807) is 0 Å². The molecule has 1 aliphatic carbocycles. The minimum atomic E-state index is 0.230. The summed E-state index contributed by atoms with van der Waals surface area (Å²) in [6, 6.07) is 6.90. The van der Waals surface area contributed by atoms with Gasteiger partial charge in [-0.15, -0.1) is 0 Å². The third-order valence-corrected chi connectivity index (χ3v) is 3.14. The average molecular weight is 189 g/mol. The Morgan fingerprint density at radius 1 is 1.36 bits per heavy atom. The largest absolute Gasteiger partial charge is 0.324 e. The molecule has 1 heteroatoms. The van der Waals surface area contributed by atoms with Crippen molar-refractivity contribution in [1.82, 2.24) is 0 Å². The molecule has 0 aromatic heterocycles. The smallest absolute Gasteiger partial charge is 0.0302 e. The van der Waals surface area contributed by atoms with Gasteiger partial charge in [-0.25, -0.2) is 0 Å². The zero-order valence-corrected chi connectivity index (χ0v) is 9.30. The van der Waals surface area contributed by atoms with Gasteiger partial charge in [-0.05, 0) is 36.3 Å². The highest BCUT2D eigenvalue weighted by Crippen LogP contribution is 2.39. The predicted octanol–water partition coefficient (Wildman–Crippen LogP) is 2.97. The highest BCUT2D eigenvalue weighted by atomic mass is 14.7. The second kappa shape index (κ2) is 3.09. The molecule has 0 aliphatic heterocycles. The summed E-state index contributed by atoms with van der Waals surface area (Å²) in [5, 5.41) is 0. The maximum atomic E-state index is 6.19. The van der Waals surface area contributed by atoms with Crippen molar-refractivity contribution >= 4 is 0 Å². The van der Waals surface area contributed by atoms with Gasteiger partial charge in [0.2, 0.25) is 0 Å². The maximum Gasteiger partial charge on any atom is 0.0302 e. The van der Waals surface area contributed by atoms with Crippen LogP contribution in [0.1, 0.15) is 43.0 Å². The first-order valence-corrected chi connectivity index (χ1v) is 5.33. The molecule has 0 bridgehead atoms. The van der Waals surface area contributed by atoms with Crippen molar-refractivity contribution in [1.29, 1.82) is 0 Å². The number of aryl methyl sites for hydroxylation is 1. The zero-order valence-electron chi connectivity index (χ0n) is 9.30. The first kappa shape index (κ1) is 9.72. The standard InChI is InChI=1S/C13H19N/c1-9-4-5-10-7-13(2,3)8-12(14)11(10)6-9/h4-6,12H,7-8,14H2,1-3H3/t12-/m1/s1. The lowest BCUT2D eigenvalue weighted by Gasteiger charge is -2.35. The maximum absolute atomic E-state index is 6.19. The topological polar surface area (TPSA) is 26.0 Å². The molecule has 1 atom stereocenters. The summed E-state index contributed by atoms with van der Waals surface area (Å²) in [6.45, 7) is 6.73. The van der Waals surface area contributed by atoms with Gasteiger partial charge in [0.25, 0.3) is 0 Å². The summed E-state index contributed by atoms with van der Waals surface area (Å²) in [5.74, 6) is 0. The molecule has 0 amide bonds. The van der Waals surface area contributed by atoms with Crippen LogP contribution in [-0.2, 0) is 6.42 Å². The van der Waals surface area contributed by atoms with Crippen LogP contribution in [0.25, 0.3) is 0 Å². The molecule has 76 valence electrons. The molecule has 0 spiro atoms. The van der Waals surface area contributed by atoms with E-state index in [0.717, 1.165) is 12.8 Å². The Bertz CT molecular complexity index is 352. The van der Waals surface area contributed by atoms with Gasteiger partial charge in [-0.2, -0.15) is 0 Å². The Morgan fingerprint density at radius 3 is 2.79 bits per heavy atom. The number of nitrogens with two attached hydrogens (primary N) is 1. The fourth-order valence-electron chi connectivity index (χ4n) is 2.51. The van der Waals surface area contributed by atoms with E-state index in [0.29, 0.717) is 5.41 Å². The van der Waals surface area contributed by atoms with Gasteiger partial charge >= 0.3 is 0 Å². The first-order chi connectivity index (χ1) is 6.48. The van der Waals surface area contributed by atoms with E-state index in [1.165, 1.54) is 16.7 Å². The Morgan fingerprint density at radius 2 is 2.07 bits per heavy atom. The highest BCUT2D eigenvalue weighted by molar-refractivity contribution is 5.36. The predicted molar refractivity (Wildman–Crippen MR) is 60.2 cm³/mol. The van der Waals surface area contributed by atoms with E-state index in [4.69, 9.17) is 5.73 Å². The van der Waals surface area contributed by atoms with E-state index in [9.17, 15) is 0 Å². The summed E-state index contributed by atoms with van der Waals surface area (Å²) in [6.07, 6.45) is 2.26. The molecule has 2 N–H and O–H groups in total. The van der Waals surface area contributed by atoms with Crippen molar-refractivity contribution in [2.45, 2.75) is 39.7 Å². The molecule has 0 unspecified atom stereocenters. The van der Waals surface area contributed by atoms with Gasteiger partial charge in [0.1, 0.15) is 0 Å². The van der Waals surface area contributed by atoms with Crippen LogP contribution >= 0.6 is 0 Å². The van der Waals surface area contributed by atoms with Crippen LogP contribution in [0, 0.1) is 12.3 Å². The van der Waals surface area contributed by atoms with Crippen molar-refractivity contribution in [3.8, 4) is 0 Å². The molecule has 1 aliphatic rings. The van der Waals surface area contributed by atoms with Crippen molar-refractivity contribution in [3.63, 3.8) is 0 Å². The number of hydrogen-bond donors (Lipinski definition) is 1. The van der Waals surface area contributed by atoms with E-state index >= 15 is 0 Å². The summed E-state index contributed by atoms with van der Waals surface area (Å²) in [4.78, 5) is 0. The van der Waals surface area contributed by atoms with E-state index < -0.39 is 0 Å². The Balaban J connectivity index is 2.45. The molecular weight excluding hydrogens is 170 g/mol. The Labute approximate surface area is 86.3 Å². The van der Waals surface area contributed by atoms with E-state index in [2.05, 4.69) is 39.0 Å². The van der Waals surface area contributed by atoms with Crippen LogP contribution in [0.3, 0.4) is 0 Å². The summed E-state index contributed by atoms with van der Waals surface area (Å²) >= 11 is 0. The van der Waals surface area contributed by atoms with Gasteiger partial charge in [0, 0.05) is 6.04 Å². The van der Waals surface area contributed by atoms with Gasteiger partial charge in [0.05, 0.1) is 0 Å². The number of hydrogen-bond acceptors (Lipinski definition) is 1. The van der Waals surface area contributed by atoms with Crippen LogP contribution < -0.4 is 5.73 Å². The Kier molecular flexibility index (Phi) is 2.15. The zero-order chi connectivity index (χ0) is 10.3. The summed E-state index contributed by atoms with van der Waals surface area (Å²) < 4.78 is 0. The van der Waals surface area contributed by atoms with Crippen molar-refractivity contribution < 1.29 is 0 Å². The quantitative estimate of drug-likeness (QED) is 0.667. The summed E-state index contributed by atoms with van der Waals surface area (Å²) in [5.41, 5.74) is 10.7. The minimum Gasteiger partial charge on any atom is -0.324 e. The van der Waals surface area contributed by atoms with E-state index in [-0.39, 0.29) is 6.04 Å². The molecule has 14 heavy (non-hydrogen) atoms. The van der Waals surface area contributed by atoms with Crippen LogP contribution in [0.5, 0.6) is 0 Å². The lowest BCUT2D eigenvalue weighted by molar-refractivity contribution is 0.283. The average Bonchev–Trinajstić information content (AvgIpc) is 2.05. The molecule has 1 aromatic rings. The Hall–Kier alpha value is -0.820. The van der Waals surface area contributed by atoms with Gasteiger partial charge < -0.3 is 5.73 Å². The molecule has 0 saturated heterocycles. The lowest BCUT2D eigenvalue weighted by atomic mass is 9.72. The highest BCUT2D eigenvalue weighted by Gasteiger charge is 2.29. The number of benzene rings is 1. The van der Waals surface area contributed by atoms with Crippen LogP contribution in [0.4, 0.5) is 0 Å². The molecule has 0 saturated carbocycles. The fourth-order valence-corrected chi connectivity index (χ4v) is 2.51. The third kappa shape index (κ3) is 1.69. The normalized spacial score (nSPS) is 24.4. The molecule has 1 aromatic carbocycles. The molecule has 2 rings (SSSR count). The summed E-state index contributed by atoms with van der Waals surface area (Å²) in [7, 11) is 0. The molecular formula is C13H19N. The number of rotatable bonds is 0. The third-order valence-electron chi connectivity index (χ3n) is 3.14. The first-order valence-electron chi connectivity index (χ1n) is 5.33. The number of fused-ring (bicyclic) bond motifs is 1. The lowest BCUT2D eigenvalue weighted by Crippen LogP contribution is -2.29.